The number of nitrogens with zero attached hydrogens (tertiary/aromatic N) is 3. The summed E-state index contributed by atoms with van der Waals surface area (Å²) in [6.45, 7) is 6.83. The molecular weight excluding hydrogens is 384 g/mol. The van der Waals surface area contributed by atoms with Crippen LogP contribution in [-0.2, 0) is 9.59 Å². The number of benzene rings is 1. The molecule has 0 bridgehead atoms. The predicted molar refractivity (Wildman–Crippen MR) is 106 cm³/mol. The molecule has 3 rings (SSSR count). The fraction of sp³-hybridized carbons (Fsp3) is 0.600. The highest BCUT2D eigenvalue weighted by Gasteiger charge is 2.43. The molecule has 154 valence electrons. The van der Waals surface area contributed by atoms with E-state index in [4.69, 9.17) is 0 Å². The van der Waals surface area contributed by atoms with Gasteiger partial charge in [-0.1, -0.05) is 19.9 Å². The van der Waals surface area contributed by atoms with Crippen molar-refractivity contribution in [1.82, 2.24) is 14.7 Å². The monoisotopic (exact) mass is 411 g/mol. The van der Waals surface area contributed by atoms with E-state index in [1.54, 1.807) is 4.90 Å². The lowest BCUT2D eigenvalue weighted by molar-refractivity contribution is -0.146. The molecule has 0 spiro atoms. The van der Waals surface area contributed by atoms with Gasteiger partial charge in [-0.3, -0.25) is 9.59 Å². The van der Waals surface area contributed by atoms with Crippen LogP contribution in [0.25, 0.3) is 0 Å². The molecule has 8 heteroatoms. The van der Waals surface area contributed by atoms with Crippen molar-refractivity contribution in [2.24, 2.45) is 5.92 Å². The Bertz CT molecular complexity index is 738. The highest BCUT2D eigenvalue weighted by molar-refractivity contribution is 8.00. The van der Waals surface area contributed by atoms with Crippen molar-refractivity contribution in [2.45, 2.75) is 31.7 Å². The van der Waals surface area contributed by atoms with E-state index in [2.05, 4.69) is 4.90 Å². The third kappa shape index (κ3) is 4.49. The summed E-state index contributed by atoms with van der Waals surface area (Å²) in [7, 11) is 2.02. The summed E-state index contributed by atoms with van der Waals surface area (Å²) < 4.78 is 27.8. The molecule has 1 aromatic carbocycles. The average Bonchev–Trinajstić information content (AvgIpc) is 3.01. The van der Waals surface area contributed by atoms with E-state index < -0.39 is 23.1 Å². The van der Waals surface area contributed by atoms with Gasteiger partial charge in [-0.05, 0) is 25.5 Å². The van der Waals surface area contributed by atoms with Crippen LogP contribution in [-0.4, -0.2) is 71.5 Å². The first-order chi connectivity index (χ1) is 13.3. The van der Waals surface area contributed by atoms with Crippen molar-refractivity contribution in [3.63, 3.8) is 0 Å². The summed E-state index contributed by atoms with van der Waals surface area (Å²) in [4.78, 5) is 31.6. The molecule has 2 aliphatic heterocycles. The molecule has 0 radical (unpaired) electrons. The maximum absolute atomic E-state index is 14.4. The van der Waals surface area contributed by atoms with Crippen LogP contribution in [0.4, 0.5) is 8.78 Å². The van der Waals surface area contributed by atoms with Crippen LogP contribution in [0.3, 0.4) is 0 Å². The zero-order valence-electron chi connectivity index (χ0n) is 16.5. The van der Waals surface area contributed by atoms with E-state index in [0.717, 1.165) is 19.2 Å². The maximum Gasteiger partial charge on any atom is 0.245 e. The molecular formula is C20H27F2N3O2S. The van der Waals surface area contributed by atoms with Gasteiger partial charge in [0.05, 0.1) is 5.75 Å². The summed E-state index contributed by atoms with van der Waals surface area (Å²) in [5.41, 5.74) is 0.247. The van der Waals surface area contributed by atoms with E-state index in [0.29, 0.717) is 19.5 Å². The van der Waals surface area contributed by atoms with E-state index in [9.17, 15) is 18.4 Å². The molecule has 2 fully saturated rings. The molecule has 2 heterocycles. The topological polar surface area (TPSA) is 43.9 Å². The Balaban J connectivity index is 1.90. The number of carbonyl (C=O) groups excluding carboxylic acids is 2. The summed E-state index contributed by atoms with van der Waals surface area (Å²) in [5, 5.41) is -0.617. The Kier molecular flexibility index (Phi) is 6.60. The normalized spacial score (nSPS) is 22.2. The minimum absolute atomic E-state index is 0.0785. The van der Waals surface area contributed by atoms with Gasteiger partial charge in [0.15, 0.2) is 0 Å². The SMILES string of the molecule is CC(C)CC(C(=O)N1CCN(C)CC1)N1C(=O)CSC1c1ccc(F)cc1F. The Morgan fingerprint density at radius 3 is 2.50 bits per heavy atom. The van der Waals surface area contributed by atoms with Crippen molar-refractivity contribution < 1.29 is 18.4 Å². The molecule has 2 unspecified atom stereocenters. The Morgan fingerprint density at radius 1 is 1.21 bits per heavy atom. The van der Waals surface area contributed by atoms with Crippen molar-refractivity contribution in [3.05, 3.63) is 35.4 Å². The third-order valence-corrected chi connectivity index (χ3v) is 6.47. The Hall–Kier alpha value is -1.67. The fourth-order valence-electron chi connectivity index (χ4n) is 3.73. The third-order valence-electron chi connectivity index (χ3n) is 5.26. The van der Waals surface area contributed by atoms with Gasteiger partial charge in [-0.2, -0.15) is 0 Å². The van der Waals surface area contributed by atoms with Crippen molar-refractivity contribution >= 4 is 23.6 Å². The standard InChI is InChI=1S/C20H27F2N3O2S/c1-13(2)10-17(19(27)24-8-6-23(3)7-9-24)25-18(26)12-28-20(25)15-5-4-14(21)11-16(15)22/h4-5,11,13,17,20H,6-10,12H2,1-3H3. The first-order valence-corrected chi connectivity index (χ1v) is 10.7. The first kappa shape index (κ1) is 21.0. The number of amides is 2. The molecule has 2 amide bonds. The van der Waals surface area contributed by atoms with Gasteiger partial charge in [0, 0.05) is 37.8 Å². The number of hydrogen-bond donors (Lipinski definition) is 0. The number of carbonyl (C=O) groups is 2. The number of rotatable bonds is 5. The molecule has 0 N–H and O–H groups in total. The lowest BCUT2D eigenvalue weighted by atomic mass is 9.99. The van der Waals surface area contributed by atoms with Gasteiger partial charge in [0.1, 0.15) is 23.1 Å². The molecule has 2 aliphatic rings. The van der Waals surface area contributed by atoms with Crippen molar-refractivity contribution in [1.29, 1.82) is 0 Å². The molecule has 2 atom stereocenters. The second-order valence-corrected chi connectivity index (χ2v) is 8.97. The Morgan fingerprint density at radius 2 is 1.89 bits per heavy atom. The number of halogens is 2. The van der Waals surface area contributed by atoms with E-state index in [1.807, 2.05) is 20.9 Å². The minimum Gasteiger partial charge on any atom is -0.338 e. The lowest BCUT2D eigenvalue weighted by Gasteiger charge is -2.39. The van der Waals surface area contributed by atoms with Gasteiger partial charge >= 0.3 is 0 Å². The minimum atomic E-state index is -0.687. The van der Waals surface area contributed by atoms with Gasteiger partial charge in [-0.15, -0.1) is 11.8 Å². The summed E-state index contributed by atoms with van der Waals surface area (Å²) >= 11 is 1.29. The van der Waals surface area contributed by atoms with Crippen LogP contribution in [0.1, 0.15) is 31.2 Å². The van der Waals surface area contributed by atoms with Crippen LogP contribution in [0.15, 0.2) is 18.2 Å². The second-order valence-electron chi connectivity index (χ2n) is 7.90. The fourth-order valence-corrected chi connectivity index (χ4v) is 4.98. The summed E-state index contributed by atoms with van der Waals surface area (Å²) in [6.07, 6.45) is 0.511. The lowest BCUT2D eigenvalue weighted by Crippen LogP contribution is -2.55. The molecule has 2 saturated heterocycles. The van der Waals surface area contributed by atoms with Gasteiger partial charge in [-0.25, -0.2) is 8.78 Å². The molecule has 0 aromatic heterocycles. The molecule has 0 aliphatic carbocycles. The van der Waals surface area contributed by atoms with Crippen LogP contribution >= 0.6 is 11.8 Å². The number of likely N-dealkylation sites (N-methyl/N-ethyl adjacent to an activating group) is 1. The quantitative estimate of drug-likeness (QED) is 0.747. The summed E-state index contributed by atoms with van der Waals surface area (Å²) in [6, 6.07) is 2.76. The zero-order valence-corrected chi connectivity index (χ0v) is 17.3. The maximum atomic E-state index is 14.4. The molecule has 1 aromatic rings. The molecule has 0 saturated carbocycles. The van der Waals surface area contributed by atoms with Gasteiger partial charge in [0.25, 0.3) is 0 Å². The van der Waals surface area contributed by atoms with Crippen LogP contribution in [0, 0.1) is 17.6 Å². The van der Waals surface area contributed by atoms with Crippen LogP contribution < -0.4 is 0 Å². The van der Waals surface area contributed by atoms with Crippen molar-refractivity contribution in [2.75, 3.05) is 39.0 Å². The average molecular weight is 412 g/mol. The smallest absolute Gasteiger partial charge is 0.245 e. The number of hydrogen-bond acceptors (Lipinski definition) is 4. The number of thioether (sulfide) groups is 1. The Labute approximate surface area is 169 Å². The van der Waals surface area contributed by atoms with E-state index in [1.165, 1.54) is 28.8 Å². The highest BCUT2D eigenvalue weighted by Crippen LogP contribution is 2.42. The first-order valence-electron chi connectivity index (χ1n) is 9.63. The van der Waals surface area contributed by atoms with Crippen molar-refractivity contribution in [3.8, 4) is 0 Å². The number of piperazine rings is 1. The second kappa shape index (κ2) is 8.78. The summed E-state index contributed by atoms with van der Waals surface area (Å²) in [5.74, 6) is -1.22. The molecule has 5 nitrogen and oxygen atoms in total. The van der Waals surface area contributed by atoms with E-state index >= 15 is 0 Å². The molecule has 28 heavy (non-hydrogen) atoms. The highest BCUT2D eigenvalue weighted by atomic mass is 32.2. The van der Waals surface area contributed by atoms with Gasteiger partial charge < -0.3 is 14.7 Å². The van der Waals surface area contributed by atoms with E-state index in [-0.39, 0.29) is 29.0 Å². The zero-order chi connectivity index (χ0) is 20.4. The van der Waals surface area contributed by atoms with Crippen LogP contribution in [0.5, 0.6) is 0 Å². The largest absolute Gasteiger partial charge is 0.338 e. The van der Waals surface area contributed by atoms with Gasteiger partial charge in [0.2, 0.25) is 11.8 Å². The predicted octanol–water partition coefficient (Wildman–Crippen LogP) is 2.73. The van der Waals surface area contributed by atoms with Crippen LogP contribution in [0.2, 0.25) is 0 Å².